The molecular formula is C45H26N4O. The third kappa shape index (κ3) is 3.92. The van der Waals surface area contributed by atoms with E-state index in [1.807, 2.05) is 36.4 Å². The second-order valence-corrected chi connectivity index (χ2v) is 12.8. The second kappa shape index (κ2) is 10.3. The summed E-state index contributed by atoms with van der Waals surface area (Å²) < 4.78 is 8.54. The summed E-state index contributed by atoms with van der Waals surface area (Å²) in [4.78, 5) is 15.4. The first-order valence-corrected chi connectivity index (χ1v) is 16.8. The van der Waals surface area contributed by atoms with Gasteiger partial charge in [0.15, 0.2) is 11.6 Å². The predicted octanol–water partition coefficient (Wildman–Crippen LogP) is 11.6. The lowest BCUT2D eigenvalue weighted by atomic mass is 9.93. The number of hydrogen-bond acceptors (Lipinski definition) is 4. The molecule has 232 valence electrons. The minimum absolute atomic E-state index is 0.576. The average Bonchev–Trinajstić information content (AvgIpc) is 3.73. The molecule has 0 aliphatic heterocycles. The molecule has 3 aromatic heterocycles. The summed E-state index contributed by atoms with van der Waals surface area (Å²) >= 11 is 0. The summed E-state index contributed by atoms with van der Waals surface area (Å²) in [7, 11) is 0. The van der Waals surface area contributed by atoms with Crippen LogP contribution in [0.3, 0.4) is 0 Å². The first-order valence-electron chi connectivity index (χ1n) is 16.8. The van der Waals surface area contributed by atoms with Crippen molar-refractivity contribution in [2.45, 2.75) is 0 Å². The Morgan fingerprint density at radius 2 is 0.880 bits per heavy atom. The minimum Gasteiger partial charge on any atom is -0.456 e. The lowest BCUT2D eigenvalue weighted by molar-refractivity contribution is 0.669. The molecule has 0 atom stereocenters. The zero-order valence-electron chi connectivity index (χ0n) is 26.7. The quantitative estimate of drug-likeness (QED) is 0.180. The Morgan fingerprint density at radius 3 is 1.56 bits per heavy atom. The molecule has 11 aromatic rings. The Bertz CT molecular complexity index is 3070. The lowest BCUT2D eigenvalue weighted by Gasteiger charge is -2.12. The molecule has 8 aromatic carbocycles. The van der Waals surface area contributed by atoms with Crippen molar-refractivity contribution in [3.05, 3.63) is 158 Å². The van der Waals surface area contributed by atoms with Crippen molar-refractivity contribution in [2.24, 2.45) is 0 Å². The van der Waals surface area contributed by atoms with Gasteiger partial charge in [-0.2, -0.15) is 9.97 Å². The van der Waals surface area contributed by atoms with Crippen LogP contribution in [0.5, 0.6) is 0 Å². The van der Waals surface area contributed by atoms with Crippen molar-refractivity contribution in [3.8, 4) is 39.9 Å². The highest BCUT2D eigenvalue weighted by Gasteiger charge is 2.22. The fourth-order valence-corrected chi connectivity index (χ4v) is 7.74. The molecule has 0 amide bonds. The van der Waals surface area contributed by atoms with Gasteiger partial charge in [0.2, 0.25) is 5.95 Å². The molecule has 0 unspecified atom stereocenters. The van der Waals surface area contributed by atoms with Gasteiger partial charge in [0, 0.05) is 32.7 Å². The Balaban J connectivity index is 1.21. The van der Waals surface area contributed by atoms with Crippen LogP contribution in [0.15, 0.2) is 162 Å². The average molecular weight is 639 g/mol. The van der Waals surface area contributed by atoms with Crippen LogP contribution >= 0.6 is 0 Å². The molecule has 0 aliphatic rings. The summed E-state index contributed by atoms with van der Waals surface area (Å²) in [6, 6.07) is 54.9. The van der Waals surface area contributed by atoms with Crippen molar-refractivity contribution < 1.29 is 4.42 Å². The molecule has 0 spiro atoms. The van der Waals surface area contributed by atoms with E-state index in [1.165, 1.54) is 37.9 Å². The number of rotatable bonds is 4. The summed E-state index contributed by atoms with van der Waals surface area (Å²) in [5, 5.41) is 9.38. The topological polar surface area (TPSA) is 56.7 Å². The molecule has 0 N–H and O–H groups in total. The largest absolute Gasteiger partial charge is 0.456 e. The smallest absolute Gasteiger partial charge is 0.238 e. The van der Waals surface area contributed by atoms with Gasteiger partial charge in [-0.15, -0.1) is 0 Å². The molecule has 0 saturated carbocycles. The first kappa shape index (κ1) is 27.1. The normalized spacial score (nSPS) is 12.0. The maximum absolute atomic E-state index is 6.34. The van der Waals surface area contributed by atoms with Gasteiger partial charge in [-0.05, 0) is 63.0 Å². The van der Waals surface area contributed by atoms with E-state index in [-0.39, 0.29) is 0 Å². The van der Waals surface area contributed by atoms with Crippen molar-refractivity contribution in [1.82, 2.24) is 19.5 Å². The Labute approximate surface area is 286 Å². The van der Waals surface area contributed by atoms with E-state index in [9.17, 15) is 0 Å². The third-order valence-corrected chi connectivity index (χ3v) is 10.0. The summed E-state index contributed by atoms with van der Waals surface area (Å²) in [6.45, 7) is 0. The van der Waals surface area contributed by atoms with E-state index in [2.05, 4.69) is 126 Å². The van der Waals surface area contributed by atoms with E-state index >= 15 is 0 Å². The van der Waals surface area contributed by atoms with Crippen molar-refractivity contribution in [2.75, 3.05) is 0 Å². The second-order valence-electron chi connectivity index (χ2n) is 12.8. The van der Waals surface area contributed by atoms with Gasteiger partial charge < -0.3 is 4.42 Å². The van der Waals surface area contributed by atoms with Gasteiger partial charge in [-0.1, -0.05) is 127 Å². The summed E-state index contributed by atoms with van der Waals surface area (Å²) in [5.41, 5.74) is 8.08. The maximum atomic E-state index is 6.34. The van der Waals surface area contributed by atoms with E-state index in [0.29, 0.717) is 17.6 Å². The van der Waals surface area contributed by atoms with E-state index in [1.54, 1.807) is 0 Å². The lowest BCUT2D eigenvalue weighted by Crippen LogP contribution is -2.06. The monoisotopic (exact) mass is 638 g/mol. The van der Waals surface area contributed by atoms with Crippen molar-refractivity contribution >= 4 is 65.3 Å². The number of hydrogen-bond donors (Lipinski definition) is 0. The first-order chi connectivity index (χ1) is 24.8. The highest BCUT2D eigenvalue weighted by atomic mass is 16.3. The zero-order valence-corrected chi connectivity index (χ0v) is 26.7. The standard InChI is InChI=1S/C45H26N4O/c1-3-11-27(12-4-1)28-21-23-30(24-22-28)44-46-43(29-13-5-2-6-14-29)47-45(48-44)49-37-18-8-7-15-31(37)36-25-34-32-16-9-19-39-41(32)42-33(35(34)26-38(36)49)17-10-20-40(42)50-39/h1-26H. The van der Waals surface area contributed by atoms with Crippen LogP contribution in [-0.4, -0.2) is 19.5 Å². The molecule has 50 heavy (non-hydrogen) atoms. The van der Waals surface area contributed by atoms with Crippen LogP contribution in [0.2, 0.25) is 0 Å². The molecular weight excluding hydrogens is 613 g/mol. The Morgan fingerprint density at radius 1 is 0.360 bits per heavy atom. The fraction of sp³-hybridized carbons (Fsp3) is 0. The van der Waals surface area contributed by atoms with Crippen LogP contribution in [0.4, 0.5) is 0 Å². The van der Waals surface area contributed by atoms with Crippen LogP contribution in [0, 0.1) is 0 Å². The van der Waals surface area contributed by atoms with Crippen LogP contribution in [0.25, 0.3) is 105 Å². The minimum atomic E-state index is 0.576. The summed E-state index contributed by atoms with van der Waals surface area (Å²) in [6.07, 6.45) is 0. The van der Waals surface area contributed by atoms with Crippen LogP contribution < -0.4 is 0 Å². The third-order valence-electron chi connectivity index (χ3n) is 10.0. The van der Waals surface area contributed by atoms with Gasteiger partial charge in [0.05, 0.1) is 11.0 Å². The molecule has 0 radical (unpaired) electrons. The number of aromatic nitrogens is 4. The highest BCUT2D eigenvalue weighted by Crippen LogP contribution is 2.45. The van der Waals surface area contributed by atoms with Gasteiger partial charge >= 0.3 is 0 Å². The number of furan rings is 1. The van der Waals surface area contributed by atoms with Gasteiger partial charge in [0.25, 0.3) is 0 Å². The molecule has 0 fully saturated rings. The molecule has 0 saturated heterocycles. The van der Waals surface area contributed by atoms with Crippen molar-refractivity contribution in [1.29, 1.82) is 0 Å². The highest BCUT2D eigenvalue weighted by molar-refractivity contribution is 6.34. The van der Waals surface area contributed by atoms with Gasteiger partial charge in [-0.25, -0.2) is 4.98 Å². The summed E-state index contributed by atoms with van der Waals surface area (Å²) in [5.74, 6) is 1.82. The fourth-order valence-electron chi connectivity index (χ4n) is 7.74. The molecule has 0 aliphatic carbocycles. The number of nitrogens with zero attached hydrogens (tertiary/aromatic N) is 4. The molecule has 3 heterocycles. The van der Waals surface area contributed by atoms with Gasteiger partial charge in [0.1, 0.15) is 11.2 Å². The predicted molar refractivity (Wildman–Crippen MR) is 204 cm³/mol. The number of para-hydroxylation sites is 1. The molecule has 0 bridgehead atoms. The Kier molecular flexibility index (Phi) is 5.60. The van der Waals surface area contributed by atoms with Crippen molar-refractivity contribution in [3.63, 3.8) is 0 Å². The van der Waals surface area contributed by atoms with Crippen LogP contribution in [-0.2, 0) is 0 Å². The van der Waals surface area contributed by atoms with Crippen LogP contribution in [0.1, 0.15) is 0 Å². The Hall–Kier alpha value is -6.85. The van der Waals surface area contributed by atoms with E-state index < -0.39 is 0 Å². The molecule has 5 heteroatoms. The SMILES string of the molecule is c1ccc(-c2ccc(-c3nc(-c4ccccc4)nc(-n4c5ccccc5c5cc6c(cc54)c4cccc5oc7cccc6c7c54)n3)cc2)cc1. The number of fused-ring (bicyclic) bond motifs is 6. The van der Waals surface area contributed by atoms with E-state index in [0.717, 1.165) is 49.7 Å². The zero-order chi connectivity index (χ0) is 32.8. The number of benzene rings is 8. The maximum Gasteiger partial charge on any atom is 0.238 e. The van der Waals surface area contributed by atoms with E-state index in [4.69, 9.17) is 19.4 Å². The van der Waals surface area contributed by atoms with Gasteiger partial charge in [-0.3, -0.25) is 4.57 Å². The molecule has 5 nitrogen and oxygen atoms in total. The molecule has 11 rings (SSSR count).